The monoisotopic (exact) mass is 260 g/mol. The van der Waals surface area contributed by atoms with Gasteiger partial charge in [-0.2, -0.15) is 0 Å². The second kappa shape index (κ2) is 4.78. The van der Waals surface area contributed by atoms with E-state index in [0.717, 1.165) is 24.3 Å². The Bertz CT molecular complexity index is 566. The van der Waals surface area contributed by atoms with Crippen molar-refractivity contribution >= 4 is 22.4 Å². The summed E-state index contributed by atoms with van der Waals surface area (Å²) in [6.45, 7) is 0.740. The van der Waals surface area contributed by atoms with Gasteiger partial charge < -0.3 is 10.1 Å². The summed E-state index contributed by atoms with van der Waals surface area (Å²) in [5.41, 5.74) is 2.20. The molecular weight excluding hydrogens is 248 g/mol. The van der Waals surface area contributed by atoms with Crippen molar-refractivity contribution in [3.8, 4) is 5.75 Å². The number of nitrogens with zero attached hydrogens (tertiary/aromatic N) is 1. The van der Waals surface area contributed by atoms with E-state index < -0.39 is 0 Å². The number of hydrogen-bond acceptors (Lipinski definition) is 4. The van der Waals surface area contributed by atoms with Gasteiger partial charge in [0.05, 0.1) is 13.0 Å². The summed E-state index contributed by atoms with van der Waals surface area (Å²) in [5, 5.41) is 5.25. The van der Waals surface area contributed by atoms with Gasteiger partial charge in [-0.25, -0.2) is 4.98 Å². The van der Waals surface area contributed by atoms with Crippen molar-refractivity contribution in [3.63, 3.8) is 0 Å². The van der Waals surface area contributed by atoms with Crippen molar-refractivity contribution in [1.29, 1.82) is 0 Å². The maximum atomic E-state index is 11.8. The van der Waals surface area contributed by atoms with E-state index in [2.05, 4.69) is 10.3 Å². The lowest BCUT2D eigenvalue weighted by Gasteiger charge is -2.04. The zero-order valence-electron chi connectivity index (χ0n) is 9.68. The SMILES string of the molecule is O=C(Cc1ccc2c(c1)CCO2)Nc1nccs1. The van der Waals surface area contributed by atoms with Gasteiger partial charge >= 0.3 is 0 Å². The van der Waals surface area contributed by atoms with Crippen LogP contribution < -0.4 is 10.1 Å². The Morgan fingerprint density at radius 1 is 1.50 bits per heavy atom. The largest absolute Gasteiger partial charge is 0.493 e. The van der Waals surface area contributed by atoms with E-state index >= 15 is 0 Å². The van der Waals surface area contributed by atoms with Crippen LogP contribution in [0.25, 0.3) is 0 Å². The number of ether oxygens (including phenoxy) is 1. The first-order valence-electron chi connectivity index (χ1n) is 5.75. The molecule has 0 fully saturated rings. The molecule has 0 spiro atoms. The molecule has 3 rings (SSSR count). The quantitative estimate of drug-likeness (QED) is 0.921. The molecular formula is C13H12N2O2S. The molecule has 1 aliphatic rings. The second-order valence-corrected chi connectivity index (χ2v) is 5.00. The van der Waals surface area contributed by atoms with Crippen LogP contribution in [0, 0.1) is 0 Å². The fraction of sp³-hybridized carbons (Fsp3) is 0.231. The first-order valence-corrected chi connectivity index (χ1v) is 6.63. The Morgan fingerprint density at radius 3 is 3.28 bits per heavy atom. The first-order chi connectivity index (χ1) is 8.81. The van der Waals surface area contributed by atoms with Crippen LogP contribution in [0.15, 0.2) is 29.8 Å². The molecule has 0 atom stereocenters. The minimum absolute atomic E-state index is 0.0381. The van der Waals surface area contributed by atoms with E-state index in [1.807, 2.05) is 23.6 Å². The Hall–Kier alpha value is -1.88. The van der Waals surface area contributed by atoms with Gasteiger partial charge in [-0.3, -0.25) is 4.79 Å². The lowest BCUT2D eigenvalue weighted by molar-refractivity contribution is -0.115. The van der Waals surface area contributed by atoms with Gasteiger partial charge in [0.15, 0.2) is 5.13 Å². The van der Waals surface area contributed by atoms with Gasteiger partial charge in [0, 0.05) is 18.0 Å². The Morgan fingerprint density at radius 2 is 2.44 bits per heavy atom. The van der Waals surface area contributed by atoms with Crippen LogP contribution in [-0.2, 0) is 17.6 Å². The Balaban J connectivity index is 1.67. The van der Waals surface area contributed by atoms with E-state index in [9.17, 15) is 4.79 Å². The molecule has 5 heteroatoms. The highest BCUT2D eigenvalue weighted by molar-refractivity contribution is 7.13. The van der Waals surface area contributed by atoms with Crippen LogP contribution in [0.1, 0.15) is 11.1 Å². The van der Waals surface area contributed by atoms with Crippen LogP contribution in [0.3, 0.4) is 0 Å². The van der Waals surface area contributed by atoms with Gasteiger partial charge in [0.2, 0.25) is 5.91 Å². The lowest BCUT2D eigenvalue weighted by atomic mass is 10.1. The summed E-state index contributed by atoms with van der Waals surface area (Å²) >= 11 is 1.42. The summed E-state index contributed by atoms with van der Waals surface area (Å²) in [4.78, 5) is 15.8. The smallest absolute Gasteiger partial charge is 0.230 e. The number of hydrogen-bond donors (Lipinski definition) is 1. The predicted molar refractivity (Wildman–Crippen MR) is 70.1 cm³/mol. The minimum Gasteiger partial charge on any atom is -0.493 e. The van der Waals surface area contributed by atoms with Crippen molar-refractivity contribution in [2.24, 2.45) is 0 Å². The summed E-state index contributed by atoms with van der Waals surface area (Å²) in [7, 11) is 0. The fourth-order valence-corrected chi connectivity index (χ4v) is 2.53. The molecule has 1 aromatic carbocycles. The summed E-state index contributed by atoms with van der Waals surface area (Å²) in [6.07, 6.45) is 2.97. The standard InChI is InChI=1S/C13H12N2O2S/c16-12(15-13-14-4-6-18-13)8-9-1-2-11-10(7-9)3-5-17-11/h1-2,4,6-7H,3,5,8H2,(H,14,15,16). The average Bonchev–Trinajstić information content (AvgIpc) is 2.98. The molecule has 0 saturated heterocycles. The average molecular weight is 260 g/mol. The van der Waals surface area contributed by atoms with Crippen molar-refractivity contribution in [2.75, 3.05) is 11.9 Å². The van der Waals surface area contributed by atoms with E-state index in [-0.39, 0.29) is 5.91 Å². The summed E-state index contributed by atoms with van der Waals surface area (Å²) in [5.74, 6) is 0.905. The molecule has 1 aromatic heterocycles. The number of amides is 1. The second-order valence-electron chi connectivity index (χ2n) is 4.10. The third-order valence-corrected chi connectivity index (χ3v) is 3.49. The molecule has 0 radical (unpaired) electrons. The number of aromatic nitrogens is 1. The third-order valence-electron chi connectivity index (χ3n) is 2.80. The van der Waals surface area contributed by atoms with Crippen LogP contribution in [0.5, 0.6) is 5.75 Å². The van der Waals surface area contributed by atoms with Crippen molar-refractivity contribution in [1.82, 2.24) is 4.98 Å². The van der Waals surface area contributed by atoms with Gasteiger partial charge in [-0.15, -0.1) is 11.3 Å². The highest BCUT2D eigenvalue weighted by atomic mass is 32.1. The van der Waals surface area contributed by atoms with E-state index in [0.29, 0.717) is 11.6 Å². The van der Waals surface area contributed by atoms with Gasteiger partial charge in [-0.05, 0) is 17.2 Å². The minimum atomic E-state index is -0.0381. The zero-order valence-corrected chi connectivity index (χ0v) is 10.5. The number of benzene rings is 1. The molecule has 0 bridgehead atoms. The van der Waals surface area contributed by atoms with Crippen LogP contribution in [0.2, 0.25) is 0 Å². The molecule has 2 heterocycles. The van der Waals surface area contributed by atoms with Crippen molar-refractivity contribution in [3.05, 3.63) is 40.9 Å². The van der Waals surface area contributed by atoms with E-state index in [1.165, 1.54) is 16.9 Å². The lowest BCUT2D eigenvalue weighted by Crippen LogP contribution is -2.14. The van der Waals surface area contributed by atoms with Gasteiger partial charge in [0.25, 0.3) is 0 Å². The number of rotatable bonds is 3. The van der Waals surface area contributed by atoms with Crippen LogP contribution in [-0.4, -0.2) is 17.5 Å². The Kier molecular flexibility index (Phi) is 2.98. The topological polar surface area (TPSA) is 51.2 Å². The van der Waals surface area contributed by atoms with E-state index in [1.54, 1.807) is 6.20 Å². The molecule has 1 aliphatic heterocycles. The Labute approximate surface area is 109 Å². The number of thiazole rings is 1. The maximum absolute atomic E-state index is 11.8. The zero-order chi connectivity index (χ0) is 12.4. The number of anilines is 1. The molecule has 1 N–H and O–H groups in total. The molecule has 4 nitrogen and oxygen atoms in total. The molecule has 18 heavy (non-hydrogen) atoms. The molecule has 2 aromatic rings. The fourth-order valence-electron chi connectivity index (χ4n) is 1.98. The third kappa shape index (κ3) is 2.36. The first kappa shape index (κ1) is 11.2. The van der Waals surface area contributed by atoms with E-state index in [4.69, 9.17) is 4.74 Å². The van der Waals surface area contributed by atoms with Crippen molar-refractivity contribution in [2.45, 2.75) is 12.8 Å². The molecule has 1 amide bonds. The maximum Gasteiger partial charge on any atom is 0.230 e. The predicted octanol–water partition coefficient (Wildman–Crippen LogP) is 2.26. The van der Waals surface area contributed by atoms with Crippen LogP contribution in [0.4, 0.5) is 5.13 Å². The summed E-state index contributed by atoms with van der Waals surface area (Å²) < 4.78 is 5.43. The number of carbonyl (C=O) groups is 1. The normalized spacial score (nSPS) is 12.9. The van der Waals surface area contributed by atoms with Crippen molar-refractivity contribution < 1.29 is 9.53 Å². The molecule has 92 valence electrons. The molecule has 0 saturated carbocycles. The molecule has 0 aliphatic carbocycles. The van der Waals surface area contributed by atoms with Crippen LogP contribution >= 0.6 is 11.3 Å². The summed E-state index contributed by atoms with van der Waals surface area (Å²) in [6, 6.07) is 5.92. The number of nitrogens with one attached hydrogen (secondary N) is 1. The number of fused-ring (bicyclic) bond motifs is 1. The number of carbonyl (C=O) groups excluding carboxylic acids is 1. The van der Waals surface area contributed by atoms with Gasteiger partial charge in [-0.1, -0.05) is 12.1 Å². The highest BCUT2D eigenvalue weighted by Crippen LogP contribution is 2.26. The highest BCUT2D eigenvalue weighted by Gasteiger charge is 2.13. The molecule has 0 unspecified atom stereocenters. The van der Waals surface area contributed by atoms with Gasteiger partial charge in [0.1, 0.15) is 5.75 Å².